The number of rotatable bonds is 5. The van der Waals surface area contributed by atoms with E-state index in [1.807, 2.05) is 0 Å². The molecule has 0 amide bonds. The summed E-state index contributed by atoms with van der Waals surface area (Å²) in [5.41, 5.74) is 4.96. The molecule has 12 heteroatoms. The number of aliphatic hydroxyl groups is 1. The molecule has 5 N–H and O–H groups in total. The van der Waals surface area contributed by atoms with E-state index in [-0.39, 0.29) is 116 Å². The van der Waals surface area contributed by atoms with E-state index in [9.17, 15) is 18.9 Å². The van der Waals surface area contributed by atoms with Gasteiger partial charge in [-0.15, -0.1) is 0 Å². The second-order valence-corrected chi connectivity index (χ2v) is 6.62. The van der Waals surface area contributed by atoms with Crippen molar-refractivity contribution in [2.24, 2.45) is 5.73 Å². The molecule has 0 rings (SSSR count). The molecule has 0 saturated heterocycles. The molecule has 0 aliphatic rings. The van der Waals surface area contributed by atoms with Crippen molar-refractivity contribution in [2.75, 3.05) is 6.54 Å². The van der Waals surface area contributed by atoms with Gasteiger partial charge in [-0.3, -0.25) is 4.57 Å². The van der Waals surface area contributed by atoms with Gasteiger partial charge in [0.1, 0.15) is 0 Å². The van der Waals surface area contributed by atoms with E-state index >= 15 is 0 Å². The minimum Gasteiger partial charge on any atom is -0.808 e. The summed E-state index contributed by atoms with van der Waals surface area (Å²) in [6.07, 6.45) is -1.06. The Kier molecular flexibility index (Phi) is 14.4. The number of nitrogens with two attached hydrogens (primary N) is 1. The SMILES string of the molecule is NCCCC(O)(P(=O)([O-])[O-])P(=O)(O)O.[K+].[K+]. The second-order valence-electron chi connectivity index (χ2n) is 2.71. The van der Waals surface area contributed by atoms with Crippen molar-refractivity contribution in [3.63, 3.8) is 0 Å². The third-order valence-electron chi connectivity index (χ3n) is 1.62. The van der Waals surface area contributed by atoms with E-state index in [2.05, 4.69) is 0 Å². The average Bonchev–Trinajstić information content (AvgIpc) is 1.95. The Hall–Kier alpha value is 3.49. The fourth-order valence-corrected chi connectivity index (χ4v) is 2.94. The zero-order valence-electron chi connectivity index (χ0n) is 9.07. The molecule has 0 spiro atoms. The first kappa shape index (κ1) is 24.5. The molecule has 0 aliphatic carbocycles. The maximum atomic E-state index is 10.6. The minimum absolute atomic E-state index is 0. The maximum absolute atomic E-state index is 10.6. The fourth-order valence-electron chi connectivity index (χ4n) is 0.781. The van der Waals surface area contributed by atoms with Gasteiger partial charge in [0.25, 0.3) is 0 Å². The molecule has 0 fully saturated rings. The first-order valence-corrected chi connectivity index (χ1v) is 6.72. The van der Waals surface area contributed by atoms with Gasteiger partial charge in [0.05, 0.1) is 0 Å². The normalized spacial score (nSPS) is 15.6. The smallest absolute Gasteiger partial charge is 0.808 e. The van der Waals surface area contributed by atoms with Crippen molar-refractivity contribution in [2.45, 2.75) is 17.9 Å². The second kappa shape index (κ2) is 9.43. The predicted octanol–water partition coefficient (Wildman–Crippen LogP) is -8.53. The maximum Gasteiger partial charge on any atom is 1.00 e. The van der Waals surface area contributed by atoms with Crippen LogP contribution in [0.15, 0.2) is 0 Å². The topological polar surface area (TPSA) is 167 Å². The van der Waals surface area contributed by atoms with Gasteiger partial charge >= 0.3 is 110 Å². The Morgan fingerprint density at radius 3 is 1.75 bits per heavy atom. The van der Waals surface area contributed by atoms with Crippen LogP contribution in [-0.4, -0.2) is 26.5 Å². The van der Waals surface area contributed by atoms with Crippen molar-refractivity contribution in [3.05, 3.63) is 0 Å². The van der Waals surface area contributed by atoms with Gasteiger partial charge in [-0.1, -0.05) is 0 Å². The van der Waals surface area contributed by atoms with Crippen LogP contribution in [0.1, 0.15) is 12.8 Å². The van der Waals surface area contributed by atoms with Crippen molar-refractivity contribution in [1.29, 1.82) is 0 Å². The van der Waals surface area contributed by atoms with Crippen molar-refractivity contribution >= 4 is 15.2 Å². The largest absolute Gasteiger partial charge is 1.00 e. The van der Waals surface area contributed by atoms with E-state index in [1.165, 1.54) is 0 Å². The Morgan fingerprint density at radius 2 is 1.56 bits per heavy atom. The summed E-state index contributed by atoms with van der Waals surface area (Å²) in [6, 6.07) is 0. The molecule has 1 unspecified atom stereocenters. The molecular formula is C4H11K2NO7P2. The number of hydrogen-bond donors (Lipinski definition) is 4. The summed E-state index contributed by atoms with van der Waals surface area (Å²) in [4.78, 5) is 38.1. The molecule has 0 saturated carbocycles. The van der Waals surface area contributed by atoms with Crippen LogP contribution in [0.4, 0.5) is 0 Å². The van der Waals surface area contributed by atoms with Gasteiger partial charge in [0.15, 0.2) is 5.08 Å². The molecule has 0 aliphatic heterocycles. The standard InChI is InChI=1S/C4H13NO7P2.2K/c5-3-1-2-4(6,13(7,8)9)14(10,11)12;;/h6H,1-3,5H2,(H2,7,8,9)(H2,10,11,12);;/q;2*+1/p-2. The third kappa shape index (κ3) is 6.78. The zero-order chi connectivity index (χ0) is 11.6. The van der Waals surface area contributed by atoms with Gasteiger partial charge in [0.2, 0.25) is 0 Å². The van der Waals surface area contributed by atoms with Gasteiger partial charge in [-0.25, -0.2) is 0 Å². The number of hydrogen-bond acceptors (Lipinski definition) is 6. The first-order valence-electron chi connectivity index (χ1n) is 3.56. The molecule has 1 atom stereocenters. The van der Waals surface area contributed by atoms with Gasteiger partial charge < -0.3 is 35.0 Å². The van der Waals surface area contributed by atoms with Crippen molar-refractivity contribution in [3.8, 4) is 0 Å². The Bertz CT molecular complexity index is 266. The molecule has 0 aromatic carbocycles. The predicted molar refractivity (Wildman–Crippen MR) is 42.9 cm³/mol. The van der Waals surface area contributed by atoms with Crippen LogP contribution in [0.25, 0.3) is 0 Å². The minimum atomic E-state index is -5.80. The van der Waals surface area contributed by atoms with E-state index < -0.39 is 26.7 Å². The van der Waals surface area contributed by atoms with Crippen LogP contribution in [0.2, 0.25) is 0 Å². The van der Waals surface area contributed by atoms with E-state index in [0.29, 0.717) is 0 Å². The van der Waals surface area contributed by atoms with Crippen LogP contribution in [0.3, 0.4) is 0 Å². The molecule has 16 heavy (non-hydrogen) atoms. The molecule has 0 aromatic heterocycles. The summed E-state index contributed by atoms with van der Waals surface area (Å²) >= 11 is 0. The molecule has 0 aromatic rings. The van der Waals surface area contributed by atoms with Gasteiger partial charge in [-0.2, -0.15) is 0 Å². The van der Waals surface area contributed by atoms with Crippen molar-refractivity contribution in [1.82, 2.24) is 0 Å². The Labute approximate surface area is 178 Å². The summed E-state index contributed by atoms with van der Waals surface area (Å²) in [7, 11) is -11.2. The summed E-state index contributed by atoms with van der Waals surface area (Å²) in [5, 5.41) is 5.57. The average molecular weight is 325 g/mol. The van der Waals surface area contributed by atoms with Crippen LogP contribution < -0.4 is 118 Å². The van der Waals surface area contributed by atoms with E-state index in [0.717, 1.165) is 0 Å². The Morgan fingerprint density at radius 1 is 1.19 bits per heavy atom. The summed E-state index contributed by atoms with van der Waals surface area (Å²) < 4.78 is 21.1. The van der Waals surface area contributed by atoms with E-state index in [4.69, 9.17) is 20.6 Å². The molecule has 86 valence electrons. The third-order valence-corrected chi connectivity index (χ3v) is 5.40. The Balaban J connectivity index is -0.000000845. The van der Waals surface area contributed by atoms with Crippen LogP contribution in [0, 0.1) is 0 Å². The van der Waals surface area contributed by atoms with Crippen LogP contribution >= 0.6 is 15.2 Å². The van der Waals surface area contributed by atoms with Crippen molar-refractivity contribution < 1.29 is 137 Å². The molecule has 0 radical (unpaired) electrons. The molecule has 0 heterocycles. The van der Waals surface area contributed by atoms with Gasteiger partial charge in [0, 0.05) is 0 Å². The summed E-state index contributed by atoms with van der Waals surface area (Å²) in [6.45, 7) is -0.0949. The van der Waals surface area contributed by atoms with Gasteiger partial charge in [-0.05, 0) is 27.0 Å². The van der Waals surface area contributed by atoms with Crippen LogP contribution in [0.5, 0.6) is 0 Å². The molecule has 0 bridgehead atoms. The molecular weight excluding hydrogens is 314 g/mol. The van der Waals surface area contributed by atoms with E-state index in [1.54, 1.807) is 0 Å². The van der Waals surface area contributed by atoms with Crippen LogP contribution in [-0.2, 0) is 9.13 Å². The quantitative estimate of drug-likeness (QED) is 0.285. The zero-order valence-corrected chi connectivity index (χ0v) is 17.1. The monoisotopic (exact) mass is 325 g/mol. The summed E-state index contributed by atoms with van der Waals surface area (Å²) in [5.74, 6) is 0. The fraction of sp³-hybridized carbons (Fsp3) is 1.00. The first-order chi connectivity index (χ1) is 6.06. The molecule has 8 nitrogen and oxygen atoms in total.